The molecule has 0 aromatic heterocycles. The van der Waals surface area contributed by atoms with E-state index in [4.69, 9.17) is 9.84 Å². The number of methoxy groups -OCH3 is 1. The second kappa shape index (κ2) is 6.96. The van der Waals surface area contributed by atoms with Gasteiger partial charge in [-0.25, -0.2) is 4.79 Å². The predicted molar refractivity (Wildman–Crippen MR) is 78.4 cm³/mol. The summed E-state index contributed by atoms with van der Waals surface area (Å²) in [6.07, 6.45) is 2.90. The van der Waals surface area contributed by atoms with Crippen molar-refractivity contribution in [3.63, 3.8) is 0 Å². The van der Waals surface area contributed by atoms with Gasteiger partial charge in [-0.15, -0.1) is 0 Å². The van der Waals surface area contributed by atoms with Crippen molar-refractivity contribution in [2.24, 2.45) is 0 Å². The summed E-state index contributed by atoms with van der Waals surface area (Å²) < 4.78 is 5.38. The van der Waals surface area contributed by atoms with Gasteiger partial charge in [0.25, 0.3) is 0 Å². The Balaban J connectivity index is 1.89. The van der Waals surface area contributed by atoms with Gasteiger partial charge in [-0.05, 0) is 12.1 Å². The number of benzene rings is 1. The molecule has 1 aliphatic heterocycles. The molecule has 1 aliphatic rings. The van der Waals surface area contributed by atoms with Crippen LogP contribution in [0.5, 0.6) is 5.75 Å². The normalized spacial score (nSPS) is 16.6. The zero-order chi connectivity index (χ0) is 14.4. The molecule has 0 atom stereocenters. The summed E-state index contributed by atoms with van der Waals surface area (Å²) in [4.78, 5) is 15.0. The quantitative estimate of drug-likeness (QED) is 0.825. The highest BCUT2D eigenvalue weighted by atomic mass is 16.5. The molecule has 0 bridgehead atoms. The molecule has 20 heavy (non-hydrogen) atoms. The number of anilines is 1. The highest BCUT2D eigenvalue weighted by Gasteiger charge is 2.18. The zero-order valence-electron chi connectivity index (χ0n) is 11.7. The van der Waals surface area contributed by atoms with Crippen LogP contribution in [0.25, 0.3) is 0 Å². The Morgan fingerprint density at radius 1 is 1.30 bits per heavy atom. The van der Waals surface area contributed by atoms with E-state index >= 15 is 0 Å². The van der Waals surface area contributed by atoms with E-state index in [1.54, 1.807) is 13.2 Å². The second-order valence-corrected chi connectivity index (χ2v) is 4.70. The monoisotopic (exact) mass is 276 g/mol. The molecular formula is C15H20N2O3. The van der Waals surface area contributed by atoms with E-state index in [2.05, 4.69) is 15.9 Å². The molecule has 2 rings (SSSR count). The Hall–Kier alpha value is -2.01. The van der Waals surface area contributed by atoms with Crippen molar-refractivity contribution >= 4 is 11.7 Å². The van der Waals surface area contributed by atoms with E-state index in [0.717, 1.165) is 37.6 Å². The van der Waals surface area contributed by atoms with Crippen molar-refractivity contribution in [2.45, 2.75) is 0 Å². The second-order valence-electron chi connectivity index (χ2n) is 4.70. The topological polar surface area (TPSA) is 53.0 Å². The van der Waals surface area contributed by atoms with Crippen LogP contribution < -0.4 is 9.64 Å². The predicted octanol–water partition coefficient (Wildman–Crippen LogP) is 1.46. The SMILES string of the molecule is COc1ccccc1N1CCN(CC=CC(=O)O)CC1. The van der Waals surface area contributed by atoms with E-state index in [9.17, 15) is 4.79 Å². The van der Waals surface area contributed by atoms with Gasteiger partial charge in [-0.2, -0.15) is 0 Å². The standard InChI is InChI=1S/C15H20N2O3/c1-20-14-6-3-2-5-13(14)17-11-9-16(10-12-17)8-4-7-15(18)19/h2-7H,8-12H2,1H3,(H,18,19). The Bertz CT molecular complexity index is 480. The van der Waals surface area contributed by atoms with Gasteiger partial charge in [0, 0.05) is 38.8 Å². The van der Waals surface area contributed by atoms with Crippen LogP contribution >= 0.6 is 0 Å². The lowest BCUT2D eigenvalue weighted by Gasteiger charge is -2.36. The number of aliphatic carboxylic acids is 1. The van der Waals surface area contributed by atoms with Gasteiger partial charge in [0.05, 0.1) is 12.8 Å². The van der Waals surface area contributed by atoms with Gasteiger partial charge in [0.1, 0.15) is 5.75 Å². The van der Waals surface area contributed by atoms with Gasteiger partial charge in [0.15, 0.2) is 0 Å². The summed E-state index contributed by atoms with van der Waals surface area (Å²) >= 11 is 0. The molecule has 1 fully saturated rings. The number of carbonyl (C=O) groups is 1. The summed E-state index contributed by atoms with van der Waals surface area (Å²) in [5.74, 6) is 0.00406. The average Bonchev–Trinajstić information content (AvgIpc) is 2.47. The highest BCUT2D eigenvalue weighted by molar-refractivity contribution is 5.79. The van der Waals surface area contributed by atoms with Crippen molar-refractivity contribution in [2.75, 3.05) is 44.7 Å². The number of rotatable bonds is 5. The maximum atomic E-state index is 10.4. The molecule has 0 amide bonds. The number of para-hydroxylation sites is 2. The number of carboxylic acid groups (broad SMARTS) is 1. The van der Waals surface area contributed by atoms with Crippen LogP contribution in [-0.4, -0.2) is 55.8 Å². The first-order valence-corrected chi connectivity index (χ1v) is 6.70. The third-order valence-electron chi connectivity index (χ3n) is 3.42. The number of piperazine rings is 1. The molecule has 5 nitrogen and oxygen atoms in total. The highest BCUT2D eigenvalue weighted by Crippen LogP contribution is 2.28. The zero-order valence-corrected chi connectivity index (χ0v) is 11.7. The number of nitrogens with zero attached hydrogens (tertiary/aromatic N) is 2. The average molecular weight is 276 g/mol. The van der Waals surface area contributed by atoms with E-state index in [0.29, 0.717) is 6.54 Å². The first-order chi connectivity index (χ1) is 9.70. The molecule has 0 unspecified atom stereocenters. The van der Waals surface area contributed by atoms with Crippen LogP contribution in [0, 0.1) is 0 Å². The van der Waals surface area contributed by atoms with Crippen LogP contribution in [0.15, 0.2) is 36.4 Å². The maximum Gasteiger partial charge on any atom is 0.328 e. The third-order valence-corrected chi connectivity index (χ3v) is 3.42. The largest absolute Gasteiger partial charge is 0.495 e. The van der Waals surface area contributed by atoms with Crippen molar-refractivity contribution in [1.82, 2.24) is 4.90 Å². The Kier molecular flexibility index (Phi) is 5.01. The molecule has 0 aliphatic carbocycles. The lowest BCUT2D eigenvalue weighted by molar-refractivity contribution is -0.131. The smallest absolute Gasteiger partial charge is 0.328 e. The number of ether oxygens (including phenoxy) is 1. The molecule has 108 valence electrons. The molecular weight excluding hydrogens is 256 g/mol. The van der Waals surface area contributed by atoms with Crippen molar-refractivity contribution in [3.8, 4) is 5.75 Å². The van der Waals surface area contributed by atoms with Gasteiger partial charge in [-0.1, -0.05) is 18.2 Å². The van der Waals surface area contributed by atoms with Gasteiger partial charge < -0.3 is 14.7 Å². The molecule has 0 radical (unpaired) electrons. The fourth-order valence-corrected chi connectivity index (χ4v) is 2.36. The summed E-state index contributed by atoms with van der Waals surface area (Å²) in [7, 11) is 1.69. The van der Waals surface area contributed by atoms with Crippen molar-refractivity contribution in [1.29, 1.82) is 0 Å². The number of hydrogen-bond acceptors (Lipinski definition) is 4. The molecule has 1 N–H and O–H groups in total. The summed E-state index contributed by atoms with van der Waals surface area (Å²) in [5.41, 5.74) is 1.12. The summed E-state index contributed by atoms with van der Waals surface area (Å²) in [6, 6.07) is 8.02. The minimum Gasteiger partial charge on any atom is -0.495 e. The molecule has 1 saturated heterocycles. The van der Waals surface area contributed by atoms with Crippen LogP contribution in [-0.2, 0) is 4.79 Å². The molecule has 0 saturated carbocycles. The minimum absolute atomic E-state index is 0.687. The van der Waals surface area contributed by atoms with Crippen molar-refractivity contribution < 1.29 is 14.6 Å². The fraction of sp³-hybridized carbons (Fsp3) is 0.400. The third kappa shape index (κ3) is 3.74. The molecule has 0 spiro atoms. The molecule has 1 aromatic carbocycles. The van der Waals surface area contributed by atoms with E-state index < -0.39 is 5.97 Å². The van der Waals surface area contributed by atoms with Crippen LogP contribution in [0.1, 0.15) is 0 Å². The summed E-state index contributed by atoms with van der Waals surface area (Å²) in [6.45, 7) is 4.36. The fourth-order valence-electron chi connectivity index (χ4n) is 2.36. The summed E-state index contributed by atoms with van der Waals surface area (Å²) in [5, 5.41) is 8.56. The maximum absolute atomic E-state index is 10.4. The Morgan fingerprint density at radius 2 is 2.00 bits per heavy atom. The van der Waals surface area contributed by atoms with Crippen molar-refractivity contribution in [3.05, 3.63) is 36.4 Å². The van der Waals surface area contributed by atoms with Gasteiger partial charge >= 0.3 is 5.97 Å². The van der Waals surface area contributed by atoms with Crippen LogP contribution in [0.2, 0.25) is 0 Å². The van der Waals surface area contributed by atoms with E-state index in [-0.39, 0.29) is 0 Å². The number of carboxylic acids is 1. The minimum atomic E-state index is -0.891. The van der Waals surface area contributed by atoms with E-state index in [1.807, 2.05) is 18.2 Å². The first kappa shape index (κ1) is 14.4. The van der Waals surface area contributed by atoms with Gasteiger partial charge in [-0.3, -0.25) is 4.90 Å². The lowest BCUT2D eigenvalue weighted by atomic mass is 10.2. The molecule has 5 heteroatoms. The number of hydrogen-bond donors (Lipinski definition) is 1. The molecule has 1 aromatic rings. The molecule has 1 heterocycles. The van der Waals surface area contributed by atoms with Crippen LogP contribution in [0.4, 0.5) is 5.69 Å². The Morgan fingerprint density at radius 3 is 2.65 bits per heavy atom. The lowest BCUT2D eigenvalue weighted by Crippen LogP contribution is -2.46. The van der Waals surface area contributed by atoms with E-state index in [1.165, 1.54) is 6.08 Å². The Labute approximate surface area is 119 Å². The van der Waals surface area contributed by atoms with Gasteiger partial charge in [0.2, 0.25) is 0 Å². The first-order valence-electron chi connectivity index (χ1n) is 6.70. The van der Waals surface area contributed by atoms with Crippen LogP contribution in [0.3, 0.4) is 0 Å².